The lowest BCUT2D eigenvalue weighted by atomic mass is 10.0. The number of halogens is 1. The topological polar surface area (TPSA) is 79.4 Å². The van der Waals surface area contributed by atoms with Crippen LogP contribution in [0.3, 0.4) is 0 Å². The van der Waals surface area contributed by atoms with Crippen LogP contribution in [-0.2, 0) is 23.8 Å². The molecule has 8 nitrogen and oxygen atoms in total. The molecule has 0 bridgehead atoms. The first kappa shape index (κ1) is 22.5. The minimum atomic E-state index is -3.81. The SMILES string of the molecule is COCCN1CCN(C[C@]2(OS(C)(=O)=O)CCN(c3ccc(Cl)cc3)C2=O)CC1. The molecule has 2 fully saturated rings. The van der Waals surface area contributed by atoms with Gasteiger partial charge in [0.15, 0.2) is 5.60 Å². The molecule has 2 saturated heterocycles. The van der Waals surface area contributed by atoms with E-state index >= 15 is 0 Å². The predicted molar refractivity (Wildman–Crippen MR) is 112 cm³/mol. The zero-order valence-corrected chi connectivity index (χ0v) is 18.4. The van der Waals surface area contributed by atoms with E-state index in [1.807, 2.05) is 0 Å². The average Bonchev–Trinajstić information content (AvgIpc) is 2.96. The average molecular weight is 446 g/mol. The molecule has 1 atom stereocenters. The minimum Gasteiger partial charge on any atom is -0.383 e. The normalized spacial score (nSPS) is 24.4. The quantitative estimate of drug-likeness (QED) is 0.553. The van der Waals surface area contributed by atoms with Gasteiger partial charge in [0.25, 0.3) is 16.0 Å². The summed E-state index contributed by atoms with van der Waals surface area (Å²) in [4.78, 5) is 19.3. The van der Waals surface area contributed by atoms with Gasteiger partial charge in [0.2, 0.25) is 0 Å². The number of ether oxygens (including phenoxy) is 1. The summed E-state index contributed by atoms with van der Waals surface area (Å²) >= 11 is 5.94. The highest BCUT2D eigenvalue weighted by Crippen LogP contribution is 2.34. The second kappa shape index (κ2) is 9.28. The lowest BCUT2D eigenvalue weighted by Crippen LogP contribution is -2.56. The van der Waals surface area contributed by atoms with Crippen LogP contribution in [0.25, 0.3) is 0 Å². The van der Waals surface area contributed by atoms with Crippen LogP contribution in [0.4, 0.5) is 5.69 Å². The third kappa shape index (κ3) is 5.68. The Bertz CT molecular complexity index is 812. The maximum atomic E-state index is 13.3. The minimum absolute atomic E-state index is 0.251. The molecule has 1 aromatic carbocycles. The molecule has 0 aromatic heterocycles. The van der Waals surface area contributed by atoms with Crippen LogP contribution in [0, 0.1) is 0 Å². The van der Waals surface area contributed by atoms with Crippen molar-refractivity contribution >= 4 is 33.3 Å². The van der Waals surface area contributed by atoms with Gasteiger partial charge in [-0.3, -0.25) is 18.8 Å². The Morgan fingerprint density at radius 1 is 1.07 bits per heavy atom. The van der Waals surface area contributed by atoms with Gasteiger partial charge in [-0.2, -0.15) is 8.42 Å². The van der Waals surface area contributed by atoms with Gasteiger partial charge in [-0.05, 0) is 24.3 Å². The Morgan fingerprint density at radius 2 is 1.69 bits per heavy atom. The summed E-state index contributed by atoms with van der Waals surface area (Å²) in [6, 6.07) is 6.93. The van der Waals surface area contributed by atoms with Crippen LogP contribution in [-0.4, -0.2) is 95.5 Å². The van der Waals surface area contributed by atoms with Crippen LogP contribution >= 0.6 is 11.6 Å². The molecule has 0 aliphatic carbocycles. The lowest BCUT2D eigenvalue weighted by molar-refractivity contribution is -0.132. The van der Waals surface area contributed by atoms with Crippen molar-refractivity contribution in [2.24, 2.45) is 0 Å². The fourth-order valence-corrected chi connectivity index (χ4v) is 4.82. The molecule has 0 spiro atoms. The summed E-state index contributed by atoms with van der Waals surface area (Å²) in [6.07, 6.45) is 1.31. The Labute approximate surface area is 177 Å². The maximum Gasteiger partial charge on any atom is 0.265 e. The van der Waals surface area contributed by atoms with Crippen molar-refractivity contribution in [1.29, 1.82) is 0 Å². The van der Waals surface area contributed by atoms with Crippen LogP contribution < -0.4 is 4.90 Å². The summed E-state index contributed by atoms with van der Waals surface area (Å²) in [7, 11) is -2.13. The Balaban J connectivity index is 1.73. The lowest BCUT2D eigenvalue weighted by Gasteiger charge is -2.38. The predicted octanol–water partition coefficient (Wildman–Crippen LogP) is 1.06. The molecule has 10 heteroatoms. The summed E-state index contributed by atoms with van der Waals surface area (Å²) in [5.41, 5.74) is -0.718. The van der Waals surface area contributed by atoms with Crippen molar-refractivity contribution in [1.82, 2.24) is 9.80 Å². The van der Waals surface area contributed by atoms with Crippen molar-refractivity contribution in [3.63, 3.8) is 0 Å². The number of hydrogen-bond acceptors (Lipinski definition) is 7. The maximum absolute atomic E-state index is 13.3. The van der Waals surface area contributed by atoms with Gasteiger partial charge in [-0.15, -0.1) is 0 Å². The van der Waals surface area contributed by atoms with E-state index in [9.17, 15) is 13.2 Å². The largest absolute Gasteiger partial charge is 0.383 e. The summed E-state index contributed by atoms with van der Waals surface area (Å²) in [5.74, 6) is -0.327. The fraction of sp³-hybridized carbons (Fsp3) is 0.632. The first-order chi connectivity index (χ1) is 13.7. The molecule has 162 valence electrons. The van der Waals surface area contributed by atoms with E-state index in [0.717, 1.165) is 39.0 Å². The highest BCUT2D eigenvalue weighted by Gasteiger charge is 2.52. The van der Waals surface area contributed by atoms with Gasteiger partial charge in [-0.1, -0.05) is 11.6 Å². The highest BCUT2D eigenvalue weighted by atomic mass is 35.5. The second-order valence-electron chi connectivity index (χ2n) is 7.58. The van der Waals surface area contributed by atoms with Crippen molar-refractivity contribution in [2.45, 2.75) is 12.0 Å². The second-order valence-corrected chi connectivity index (χ2v) is 9.59. The molecule has 0 N–H and O–H groups in total. The summed E-state index contributed by atoms with van der Waals surface area (Å²) in [5, 5.41) is 0.574. The van der Waals surface area contributed by atoms with E-state index in [0.29, 0.717) is 30.3 Å². The number of rotatable bonds is 8. The van der Waals surface area contributed by atoms with Gasteiger partial charge in [0, 0.05) is 70.1 Å². The van der Waals surface area contributed by atoms with Crippen LogP contribution in [0.1, 0.15) is 6.42 Å². The molecule has 0 saturated carbocycles. The van der Waals surface area contributed by atoms with Gasteiger partial charge >= 0.3 is 0 Å². The molecule has 0 radical (unpaired) electrons. The monoisotopic (exact) mass is 445 g/mol. The third-order valence-corrected chi connectivity index (χ3v) is 6.25. The molecule has 29 heavy (non-hydrogen) atoms. The number of piperazine rings is 1. The molecule has 2 aliphatic rings. The molecular weight excluding hydrogens is 418 g/mol. The third-order valence-electron chi connectivity index (χ3n) is 5.38. The highest BCUT2D eigenvalue weighted by molar-refractivity contribution is 7.86. The Morgan fingerprint density at radius 3 is 2.28 bits per heavy atom. The number of hydrogen-bond donors (Lipinski definition) is 0. The number of anilines is 1. The summed E-state index contributed by atoms with van der Waals surface area (Å²) in [6.45, 7) is 5.35. The van der Waals surface area contributed by atoms with Gasteiger partial charge in [-0.25, -0.2) is 0 Å². The zero-order valence-electron chi connectivity index (χ0n) is 16.8. The number of benzene rings is 1. The number of carbonyl (C=O) groups is 1. The zero-order chi connectivity index (χ0) is 21.1. The van der Waals surface area contributed by atoms with Gasteiger partial charge in [0.05, 0.1) is 12.9 Å². The first-order valence-electron chi connectivity index (χ1n) is 9.64. The fourth-order valence-electron chi connectivity index (χ4n) is 3.91. The molecule has 1 amide bonds. The van der Waals surface area contributed by atoms with Crippen LogP contribution in [0.15, 0.2) is 24.3 Å². The first-order valence-corrected chi connectivity index (χ1v) is 11.8. The Kier molecular flexibility index (Phi) is 7.19. The number of carbonyl (C=O) groups excluding carboxylic acids is 1. The molecular formula is C19H28ClN3O5S. The van der Waals surface area contributed by atoms with E-state index in [1.54, 1.807) is 36.3 Å². The molecule has 2 heterocycles. The van der Waals surface area contributed by atoms with Crippen molar-refractivity contribution in [2.75, 3.05) is 70.7 Å². The van der Waals surface area contributed by atoms with E-state index in [2.05, 4.69) is 9.80 Å². The van der Waals surface area contributed by atoms with E-state index in [-0.39, 0.29) is 12.5 Å². The van der Waals surface area contributed by atoms with E-state index in [1.165, 1.54) is 0 Å². The van der Waals surface area contributed by atoms with Crippen LogP contribution in [0.5, 0.6) is 0 Å². The van der Waals surface area contributed by atoms with E-state index < -0.39 is 15.7 Å². The number of nitrogens with zero attached hydrogens (tertiary/aromatic N) is 3. The molecule has 3 rings (SSSR count). The van der Waals surface area contributed by atoms with Crippen LogP contribution in [0.2, 0.25) is 5.02 Å². The summed E-state index contributed by atoms with van der Waals surface area (Å²) < 4.78 is 34.5. The van der Waals surface area contributed by atoms with Gasteiger partial charge < -0.3 is 9.64 Å². The van der Waals surface area contributed by atoms with E-state index in [4.69, 9.17) is 20.5 Å². The Hall–Kier alpha value is -1.23. The standard InChI is InChI=1S/C19H28ClN3O5S/c1-27-14-13-21-9-11-22(12-10-21)15-19(28-29(2,25)26)7-8-23(18(19)24)17-5-3-16(20)4-6-17/h3-6H,7-15H2,1-2H3/t19-/m1/s1. The van der Waals surface area contributed by atoms with Crippen molar-refractivity contribution < 1.29 is 22.1 Å². The number of methoxy groups -OCH3 is 1. The smallest absolute Gasteiger partial charge is 0.265 e. The van der Waals surface area contributed by atoms with Gasteiger partial charge in [0.1, 0.15) is 0 Å². The molecule has 0 unspecified atom stereocenters. The van der Waals surface area contributed by atoms with Crippen molar-refractivity contribution in [3.8, 4) is 0 Å². The number of amides is 1. The van der Waals surface area contributed by atoms with Crippen molar-refractivity contribution in [3.05, 3.63) is 29.3 Å². The molecule has 2 aliphatic heterocycles. The molecule has 1 aromatic rings.